The number of nitrogens with two attached hydrogens (primary N) is 1. The number of anilines is 3. The summed E-state index contributed by atoms with van der Waals surface area (Å²) in [7, 11) is 6.28. The largest absolute Gasteiger partial charge is 0.505 e. The first-order valence-electron chi connectivity index (χ1n) is 13.5. The number of phenols is 1. The van der Waals surface area contributed by atoms with Crippen molar-refractivity contribution < 1.29 is 47.4 Å². The van der Waals surface area contributed by atoms with Crippen LogP contribution in [0.25, 0.3) is 0 Å². The number of benzene rings is 1. The van der Waals surface area contributed by atoms with Crippen molar-refractivity contribution >= 4 is 46.4 Å². The minimum Gasteiger partial charge on any atom is -0.505 e. The van der Waals surface area contributed by atoms with Gasteiger partial charge in [-0.05, 0) is 44.5 Å². The number of nitrogens with one attached hydrogen (secondary N) is 1. The molecule has 1 heterocycles. The second kappa shape index (κ2) is 10.3. The fraction of sp³-hybridized carbons (Fsp3) is 0.464. The summed E-state index contributed by atoms with van der Waals surface area (Å²) in [6.07, 6.45) is -3.68. The second-order valence-corrected chi connectivity index (χ2v) is 11.7. The SMILES string of the molecule is CN(C)c1cc(Nc2ncc(C(F)(F)F)cn2)c(O)c2c1CC1CC3[C@H](N(C)C)C(=O)C(C(N)=O)C(=O)[C@@]3(O)C(=O)C1C2=O. The van der Waals surface area contributed by atoms with Crippen LogP contribution in [0, 0.1) is 23.7 Å². The van der Waals surface area contributed by atoms with Gasteiger partial charge in [0.2, 0.25) is 11.9 Å². The van der Waals surface area contributed by atoms with E-state index in [0.717, 1.165) is 0 Å². The summed E-state index contributed by atoms with van der Waals surface area (Å²) in [6.45, 7) is 0. The number of primary amides is 1. The van der Waals surface area contributed by atoms with Crippen LogP contribution < -0.4 is 16.0 Å². The molecule has 1 aromatic heterocycles. The third-order valence-corrected chi connectivity index (χ3v) is 8.75. The van der Waals surface area contributed by atoms with Gasteiger partial charge in [0.15, 0.2) is 34.7 Å². The zero-order valence-corrected chi connectivity index (χ0v) is 24.0. The molecule has 5 rings (SSSR count). The van der Waals surface area contributed by atoms with E-state index in [2.05, 4.69) is 15.3 Å². The molecule has 3 aliphatic carbocycles. The second-order valence-electron chi connectivity index (χ2n) is 11.7. The number of fused-ring (bicyclic) bond motifs is 3. The number of ketones is 4. The molecule has 1 amide bonds. The van der Waals surface area contributed by atoms with Crippen LogP contribution in [-0.4, -0.2) is 94.0 Å². The topological polar surface area (TPSA) is 196 Å². The van der Waals surface area contributed by atoms with Crippen LogP contribution in [0.1, 0.15) is 27.9 Å². The van der Waals surface area contributed by atoms with Gasteiger partial charge in [0.25, 0.3) is 0 Å². The van der Waals surface area contributed by atoms with E-state index < -0.39 is 81.8 Å². The van der Waals surface area contributed by atoms with Crippen LogP contribution in [0.4, 0.5) is 30.5 Å². The number of phenolic OH excluding ortho intramolecular Hbond substituents is 1. The van der Waals surface area contributed by atoms with Crippen molar-refractivity contribution in [2.75, 3.05) is 38.4 Å². The summed E-state index contributed by atoms with van der Waals surface area (Å²) in [4.78, 5) is 77.1. The van der Waals surface area contributed by atoms with E-state index in [0.29, 0.717) is 23.6 Å². The average Bonchev–Trinajstić information content (AvgIpc) is 2.91. The summed E-state index contributed by atoms with van der Waals surface area (Å²) in [5.41, 5.74) is 1.68. The minimum atomic E-state index is -4.68. The number of carbonyl (C=O) groups excluding carboxylic acids is 5. The van der Waals surface area contributed by atoms with Crippen LogP contribution in [0.15, 0.2) is 18.5 Å². The van der Waals surface area contributed by atoms with Crippen LogP contribution in [0.2, 0.25) is 0 Å². The molecule has 13 nitrogen and oxygen atoms in total. The predicted octanol–water partition coefficient (Wildman–Crippen LogP) is 0.485. The third-order valence-electron chi connectivity index (χ3n) is 8.75. The van der Waals surface area contributed by atoms with Crippen LogP contribution in [0.3, 0.4) is 0 Å². The number of nitrogens with zero attached hydrogens (tertiary/aromatic N) is 4. The lowest BCUT2D eigenvalue weighted by molar-refractivity contribution is -0.181. The van der Waals surface area contributed by atoms with Crippen molar-refractivity contribution in [3.05, 3.63) is 35.2 Å². The lowest BCUT2D eigenvalue weighted by Gasteiger charge is -2.52. The zero-order chi connectivity index (χ0) is 32.6. The van der Waals surface area contributed by atoms with E-state index in [-0.39, 0.29) is 30.0 Å². The van der Waals surface area contributed by atoms with Gasteiger partial charge in [0, 0.05) is 38.1 Å². The molecule has 2 aromatic rings. The molecular formula is C28H29F3N6O7. The van der Waals surface area contributed by atoms with Gasteiger partial charge in [0.05, 0.1) is 28.8 Å². The number of aromatic nitrogens is 2. The zero-order valence-electron chi connectivity index (χ0n) is 24.0. The highest BCUT2D eigenvalue weighted by Crippen LogP contribution is 2.53. The molecule has 2 saturated carbocycles. The van der Waals surface area contributed by atoms with Gasteiger partial charge < -0.3 is 26.2 Å². The fourth-order valence-electron chi connectivity index (χ4n) is 6.81. The maximum absolute atomic E-state index is 14.1. The molecule has 0 aliphatic heterocycles. The molecule has 0 radical (unpaired) electrons. The van der Waals surface area contributed by atoms with Crippen molar-refractivity contribution in [2.45, 2.75) is 30.7 Å². The number of amides is 1. The highest BCUT2D eigenvalue weighted by Gasteiger charge is 2.69. The number of Topliss-reactive ketones (excluding diaryl/α,β-unsaturated/α-hetero) is 4. The van der Waals surface area contributed by atoms with E-state index in [9.17, 15) is 47.4 Å². The Labute approximate surface area is 248 Å². The van der Waals surface area contributed by atoms with Crippen molar-refractivity contribution in [1.82, 2.24) is 14.9 Å². The summed E-state index contributed by atoms with van der Waals surface area (Å²) < 4.78 is 38.9. The molecule has 4 unspecified atom stereocenters. The molecule has 3 aliphatic rings. The fourth-order valence-corrected chi connectivity index (χ4v) is 6.81. The molecule has 234 valence electrons. The van der Waals surface area contributed by atoms with E-state index in [1.807, 2.05) is 0 Å². The molecule has 44 heavy (non-hydrogen) atoms. The first-order valence-corrected chi connectivity index (χ1v) is 13.5. The summed E-state index contributed by atoms with van der Waals surface area (Å²) in [5.74, 6) is -12.4. The predicted molar refractivity (Wildman–Crippen MR) is 146 cm³/mol. The monoisotopic (exact) mass is 618 g/mol. The van der Waals surface area contributed by atoms with Gasteiger partial charge in [-0.25, -0.2) is 9.97 Å². The van der Waals surface area contributed by atoms with Gasteiger partial charge >= 0.3 is 6.18 Å². The molecule has 6 atom stereocenters. The third kappa shape index (κ3) is 4.51. The molecule has 1 aromatic carbocycles. The number of alkyl halides is 3. The first-order chi connectivity index (χ1) is 20.4. The number of rotatable bonds is 5. The quantitative estimate of drug-likeness (QED) is 0.268. The Morgan fingerprint density at radius 1 is 1.09 bits per heavy atom. The van der Waals surface area contributed by atoms with E-state index in [4.69, 9.17) is 5.73 Å². The Morgan fingerprint density at radius 2 is 1.70 bits per heavy atom. The highest BCUT2D eigenvalue weighted by molar-refractivity contribution is 6.32. The summed E-state index contributed by atoms with van der Waals surface area (Å²) >= 11 is 0. The van der Waals surface area contributed by atoms with Gasteiger partial charge in [-0.3, -0.25) is 28.9 Å². The van der Waals surface area contributed by atoms with Crippen molar-refractivity contribution in [2.24, 2.45) is 29.4 Å². The van der Waals surface area contributed by atoms with Crippen LogP contribution in [-0.2, 0) is 31.8 Å². The van der Waals surface area contributed by atoms with Crippen molar-refractivity contribution in [1.29, 1.82) is 0 Å². The van der Waals surface area contributed by atoms with Crippen molar-refractivity contribution in [3.8, 4) is 5.75 Å². The van der Waals surface area contributed by atoms with E-state index in [1.54, 1.807) is 19.0 Å². The smallest absolute Gasteiger partial charge is 0.419 e. The van der Waals surface area contributed by atoms with Gasteiger partial charge in [-0.1, -0.05) is 0 Å². The molecule has 16 heteroatoms. The van der Waals surface area contributed by atoms with Gasteiger partial charge in [-0.2, -0.15) is 13.2 Å². The Balaban J connectivity index is 1.60. The lowest BCUT2D eigenvalue weighted by atomic mass is 9.52. The highest BCUT2D eigenvalue weighted by atomic mass is 19.4. The lowest BCUT2D eigenvalue weighted by Crippen LogP contribution is -2.74. The molecule has 0 saturated heterocycles. The van der Waals surface area contributed by atoms with Gasteiger partial charge in [-0.15, -0.1) is 0 Å². The van der Waals surface area contributed by atoms with Crippen LogP contribution >= 0.6 is 0 Å². The van der Waals surface area contributed by atoms with Crippen LogP contribution in [0.5, 0.6) is 5.75 Å². The first kappa shape index (κ1) is 31.0. The number of hydrogen-bond donors (Lipinski definition) is 4. The number of hydrogen-bond acceptors (Lipinski definition) is 12. The normalized spacial score (nSPS) is 28.3. The molecule has 0 spiro atoms. The summed E-state index contributed by atoms with van der Waals surface area (Å²) in [6, 6.07) is 0.214. The number of likely N-dealkylation sites (N-methyl/N-ethyl adjacent to an activating group) is 1. The van der Waals surface area contributed by atoms with Gasteiger partial charge in [0.1, 0.15) is 5.75 Å². The number of halogens is 3. The molecular weight excluding hydrogens is 589 g/mol. The molecule has 5 N–H and O–H groups in total. The maximum Gasteiger partial charge on any atom is 0.419 e. The Hall–Kier alpha value is -4.44. The average molecular weight is 619 g/mol. The molecule has 2 fully saturated rings. The number of aliphatic hydroxyl groups is 1. The molecule has 0 bridgehead atoms. The Kier molecular flexibility index (Phi) is 7.28. The summed E-state index contributed by atoms with van der Waals surface area (Å²) in [5, 5.41) is 25.6. The Bertz CT molecular complexity index is 1610. The number of carbonyl (C=O) groups is 5. The minimum absolute atomic E-state index is 0.0317. The van der Waals surface area contributed by atoms with E-state index >= 15 is 0 Å². The standard InChI is InChI=1S/C28H29F3N6O7/c1-36(2)15-7-14(35-26-33-8-11(9-34-26)28(29,30)31)20(38)17-12(15)5-10-6-13-19(37(3)4)22(40)18(25(32)43)24(42)27(13,44)23(41)16(10)21(17)39/h7-10,13,16,18-19,38,44H,5-6H2,1-4H3,(H2,32,43)(H,33,34,35)/t10?,13?,16?,18?,19-,27-/m0/s1. The maximum atomic E-state index is 14.1. The van der Waals surface area contributed by atoms with Crippen molar-refractivity contribution in [3.63, 3.8) is 0 Å². The van der Waals surface area contributed by atoms with E-state index in [1.165, 1.54) is 25.1 Å². The Morgan fingerprint density at radius 3 is 2.23 bits per heavy atom. The number of aromatic hydroxyl groups is 1.